The number of amides is 2. The zero-order valence-corrected chi connectivity index (χ0v) is 13.5. The number of nitrogens with zero attached hydrogens (tertiary/aromatic N) is 1. The average Bonchev–Trinajstić information content (AvgIpc) is 3.15. The van der Waals surface area contributed by atoms with Crippen molar-refractivity contribution in [1.29, 1.82) is 0 Å². The van der Waals surface area contributed by atoms with Crippen molar-refractivity contribution in [3.05, 3.63) is 21.9 Å². The smallest absolute Gasteiger partial charge is 0.317 e. The van der Waals surface area contributed by atoms with Gasteiger partial charge in [-0.15, -0.1) is 11.3 Å². The van der Waals surface area contributed by atoms with Crippen LogP contribution in [0.2, 0.25) is 0 Å². The summed E-state index contributed by atoms with van der Waals surface area (Å²) >= 11 is 1.71. The van der Waals surface area contributed by atoms with E-state index in [0.29, 0.717) is 12.5 Å². The maximum absolute atomic E-state index is 12.2. The van der Waals surface area contributed by atoms with Crippen molar-refractivity contribution in [3.63, 3.8) is 0 Å². The lowest BCUT2D eigenvalue weighted by Crippen LogP contribution is -2.38. The summed E-state index contributed by atoms with van der Waals surface area (Å²) in [5, 5.41) is 5.17. The third-order valence-electron chi connectivity index (χ3n) is 4.64. The van der Waals surface area contributed by atoms with E-state index in [4.69, 9.17) is 4.74 Å². The third kappa shape index (κ3) is 3.77. The van der Waals surface area contributed by atoms with E-state index < -0.39 is 0 Å². The molecule has 0 unspecified atom stereocenters. The predicted molar refractivity (Wildman–Crippen MR) is 84.5 cm³/mol. The molecular weight excluding hydrogens is 284 g/mol. The van der Waals surface area contributed by atoms with Gasteiger partial charge in [-0.1, -0.05) is 0 Å². The second kappa shape index (κ2) is 6.79. The van der Waals surface area contributed by atoms with E-state index in [1.807, 2.05) is 4.90 Å². The van der Waals surface area contributed by atoms with Crippen LogP contribution in [0.3, 0.4) is 0 Å². The standard InChI is InChI=1S/C16H24N2O2S/c1-12-8-15(21-11-12)9-17-16(19)18-5-2-14(10-18)13-3-6-20-7-4-13/h8,11,13-14H,2-7,9-10H2,1H3,(H,17,19)/t14-/m0/s1. The van der Waals surface area contributed by atoms with Gasteiger partial charge in [0.1, 0.15) is 0 Å². The van der Waals surface area contributed by atoms with Gasteiger partial charge in [0.05, 0.1) is 6.54 Å². The summed E-state index contributed by atoms with van der Waals surface area (Å²) in [6.45, 7) is 6.34. The van der Waals surface area contributed by atoms with Gasteiger partial charge in [0.2, 0.25) is 0 Å². The van der Waals surface area contributed by atoms with Gasteiger partial charge in [-0.05, 0) is 55.0 Å². The fraction of sp³-hybridized carbons (Fsp3) is 0.688. The van der Waals surface area contributed by atoms with Crippen LogP contribution in [0, 0.1) is 18.8 Å². The molecule has 4 nitrogen and oxygen atoms in total. The molecule has 0 aliphatic carbocycles. The molecule has 1 aromatic rings. The number of hydrogen-bond acceptors (Lipinski definition) is 3. The lowest BCUT2D eigenvalue weighted by molar-refractivity contribution is 0.0484. The van der Waals surface area contributed by atoms with Crippen LogP contribution in [-0.4, -0.2) is 37.2 Å². The van der Waals surface area contributed by atoms with E-state index in [9.17, 15) is 4.79 Å². The Kier molecular flexibility index (Phi) is 4.80. The highest BCUT2D eigenvalue weighted by atomic mass is 32.1. The van der Waals surface area contributed by atoms with E-state index >= 15 is 0 Å². The Morgan fingerprint density at radius 2 is 2.19 bits per heavy atom. The fourth-order valence-electron chi connectivity index (χ4n) is 3.40. The number of likely N-dealkylation sites (tertiary alicyclic amines) is 1. The van der Waals surface area contributed by atoms with Crippen LogP contribution in [0.15, 0.2) is 11.4 Å². The van der Waals surface area contributed by atoms with E-state index in [2.05, 4.69) is 23.7 Å². The van der Waals surface area contributed by atoms with Crippen LogP contribution in [-0.2, 0) is 11.3 Å². The predicted octanol–water partition coefficient (Wildman–Crippen LogP) is 3.01. The first-order valence-corrected chi connectivity index (χ1v) is 8.75. The van der Waals surface area contributed by atoms with Crippen molar-refractivity contribution < 1.29 is 9.53 Å². The molecule has 0 aromatic carbocycles. The number of ether oxygens (including phenoxy) is 1. The quantitative estimate of drug-likeness (QED) is 0.932. The molecule has 2 aliphatic heterocycles. The molecule has 2 aliphatic rings. The molecule has 0 saturated carbocycles. The molecule has 1 aromatic heterocycles. The number of urea groups is 1. The Labute approximate surface area is 130 Å². The molecule has 1 N–H and O–H groups in total. The third-order valence-corrected chi connectivity index (χ3v) is 5.70. The van der Waals surface area contributed by atoms with Crippen molar-refractivity contribution in [2.24, 2.45) is 11.8 Å². The minimum absolute atomic E-state index is 0.0932. The summed E-state index contributed by atoms with van der Waals surface area (Å²) in [4.78, 5) is 15.5. The number of hydrogen-bond donors (Lipinski definition) is 1. The lowest BCUT2D eigenvalue weighted by Gasteiger charge is -2.27. The average molecular weight is 308 g/mol. The van der Waals surface area contributed by atoms with Crippen molar-refractivity contribution in [2.75, 3.05) is 26.3 Å². The van der Waals surface area contributed by atoms with Crippen molar-refractivity contribution in [3.8, 4) is 0 Å². The molecule has 3 heterocycles. The van der Waals surface area contributed by atoms with Crippen LogP contribution in [0.25, 0.3) is 0 Å². The second-order valence-corrected chi connectivity index (χ2v) is 7.19. The molecule has 2 fully saturated rings. The van der Waals surface area contributed by atoms with Crippen LogP contribution in [0.1, 0.15) is 29.7 Å². The zero-order valence-electron chi connectivity index (χ0n) is 12.6. The molecule has 2 saturated heterocycles. The first-order chi connectivity index (χ1) is 10.2. The fourth-order valence-corrected chi connectivity index (χ4v) is 4.22. The molecule has 2 amide bonds. The maximum atomic E-state index is 12.2. The number of aryl methyl sites for hydroxylation is 1. The molecule has 0 radical (unpaired) electrons. The Morgan fingerprint density at radius 1 is 1.38 bits per heavy atom. The van der Waals surface area contributed by atoms with Gasteiger partial charge in [0.15, 0.2) is 0 Å². The van der Waals surface area contributed by atoms with Gasteiger partial charge < -0.3 is 15.0 Å². The van der Waals surface area contributed by atoms with Gasteiger partial charge >= 0.3 is 6.03 Å². The van der Waals surface area contributed by atoms with Crippen LogP contribution in [0.5, 0.6) is 0 Å². The topological polar surface area (TPSA) is 41.6 Å². The Morgan fingerprint density at radius 3 is 2.90 bits per heavy atom. The Balaban J connectivity index is 1.45. The highest BCUT2D eigenvalue weighted by Crippen LogP contribution is 2.31. The van der Waals surface area contributed by atoms with Crippen molar-refractivity contribution >= 4 is 17.4 Å². The van der Waals surface area contributed by atoms with Gasteiger partial charge in [-0.3, -0.25) is 0 Å². The summed E-state index contributed by atoms with van der Waals surface area (Å²) in [7, 11) is 0. The normalized spacial score (nSPS) is 23.5. The Bertz CT molecular complexity index is 482. The van der Waals surface area contributed by atoms with Gasteiger partial charge in [-0.2, -0.15) is 0 Å². The minimum atomic E-state index is 0.0932. The van der Waals surface area contributed by atoms with Gasteiger partial charge in [0, 0.05) is 31.2 Å². The van der Waals surface area contributed by atoms with Gasteiger partial charge in [-0.25, -0.2) is 4.79 Å². The monoisotopic (exact) mass is 308 g/mol. The summed E-state index contributed by atoms with van der Waals surface area (Å²) in [5.41, 5.74) is 1.27. The first-order valence-electron chi connectivity index (χ1n) is 7.87. The molecule has 1 atom stereocenters. The number of rotatable bonds is 3. The highest BCUT2D eigenvalue weighted by molar-refractivity contribution is 7.10. The van der Waals surface area contributed by atoms with Gasteiger partial charge in [0.25, 0.3) is 0 Å². The molecule has 116 valence electrons. The molecule has 0 spiro atoms. The summed E-state index contributed by atoms with van der Waals surface area (Å²) in [5.74, 6) is 1.42. The largest absolute Gasteiger partial charge is 0.381 e. The summed E-state index contributed by atoms with van der Waals surface area (Å²) < 4.78 is 5.43. The second-order valence-electron chi connectivity index (χ2n) is 6.19. The van der Waals surface area contributed by atoms with E-state index in [-0.39, 0.29) is 6.03 Å². The van der Waals surface area contributed by atoms with Crippen molar-refractivity contribution in [2.45, 2.75) is 32.7 Å². The van der Waals surface area contributed by atoms with Crippen LogP contribution >= 0.6 is 11.3 Å². The minimum Gasteiger partial charge on any atom is -0.381 e. The number of thiophene rings is 1. The summed E-state index contributed by atoms with van der Waals surface area (Å²) in [6, 6.07) is 2.23. The maximum Gasteiger partial charge on any atom is 0.317 e. The number of carbonyl (C=O) groups excluding carboxylic acids is 1. The molecule has 5 heteroatoms. The zero-order chi connectivity index (χ0) is 14.7. The van der Waals surface area contributed by atoms with E-state index in [1.54, 1.807) is 11.3 Å². The number of carbonyl (C=O) groups is 1. The molecule has 3 rings (SSSR count). The number of nitrogens with one attached hydrogen (secondary N) is 1. The molecule has 21 heavy (non-hydrogen) atoms. The van der Waals surface area contributed by atoms with Crippen LogP contribution in [0.4, 0.5) is 4.79 Å². The summed E-state index contributed by atoms with van der Waals surface area (Å²) in [6.07, 6.45) is 3.47. The molecular formula is C16H24N2O2S. The highest BCUT2D eigenvalue weighted by Gasteiger charge is 2.32. The SMILES string of the molecule is Cc1csc(CNC(=O)N2CC[C@H](C3CCOCC3)C2)c1. The van der Waals surface area contributed by atoms with Crippen molar-refractivity contribution in [1.82, 2.24) is 10.2 Å². The Hall–Kier alpha value is -1.07. The van der Waals surface area contributed by atoms with Crippen LogP contribution < -0.4 is 5.32 Å². The lowest BCUT2D eigenvalue weighted by atomic mass is 9.85. The van der Waals surface area contributed by atoms with E-state index in [1.165, 1.54) is 10.4 Å². The van der Waals surface area contributed by atoms with E-state index in [0.717, 1.165) is 51.5 Å². The molecule has 0 bridgehead atoms. The first kappa shape index (κ1) is 14.9.